The van der Waals surface area contributed by atoms with Crippen molar-refractivity contribution >= 4 is 89.1 Å². The largest absolute Gasteiger partial charge is 0.508 e. The van der Waals surface area contributed by atoms with Gasteiger partial charge in [-0.2, -0.15) is 11.8 Å². The smallest absolute Gasteiger partial charge is 0.248 e. The Morgan fingerprint density at radius 3 is 1.83 bits per heavy atom. The number of aliphatic hydroxyl groups is 6. The van der Waals surface area contributed by atoms with E-state index in [4.69, 9.17) is 20.9 Å². The van der Waals surface area contributed by atoms with Gasteiger partial charge >= 0.3 is 0 Å². The third-order valence-corrected chi connectivity index (χ3v) is 22.4. The molecule has 13 amide bonds. The summed E-state index contributed by atoms with van der Waals surface area (Å²) in [5.41, 5.74) is 13.3. The zero-order valence-corrected chi connectivity index (χ0v) is 71.8. The Morgan fingerprint density at radius 2 is 1.21 bits per heavy atom. The Bertz CT molecular complexity index is 3590. The van der Waals surface area contributed by atoms with Crippen LogP contribution in [0.1, 0.15) is 192 Å². The fourth-order valence-corrected chi connectivity index (χ4v) is 15.1. The number of rotatable bonds is 49. The Kier molecular flexibility index (Phi) is 46.5. The van der Waals surface area contributed by atoms with Crippen molar-refractivity contribution in [1.29, 1.82) is 0 Å². The fourth-order valence-electron chi connectivity index (χ4n) is 14.6. The first-order chi connectivity index (χ1) is 57.7. The van der Waals surface area contributed by atoms with Crippen molar-refractivity contribution in [3.8, 4) is 5.75 Å². The number of ether oxygens (including phenoxy) is 2. The van der Waals surface area contributed by atoms with E-state index in [2.05, 4.69) is 79.3 Å². The highest BCUT2D eigenvalue weighted by Gasteiger charge is 2.48. The van der Waals surface area contributed by atoms with E-state index in [0.29, 0.717) is 48.8 Å². The molecule has 0 aromatic heterocycles. The van der Waals surface area contributed by atoms with Gasteiger partial charge in [-0.15, -0.1) is 0 Å². The van der Waals surface area contributed by atoms with Crippen molar-refractivity contribution < 1.29 is 108 Å². The molecule has 3 aliphatic heterocycles. The minimum atomic E-state index is -2.35. The summed E-state index contributed by atoms with van der Waals surface area (Å²) >= 11 is 1.49. The summed E-state index contributed by atoms with van der Waals surface area (Å²) in [6.07, 6.45) is -1.63. The zero-order chi connectivity index (χ0) is 89.3. The number of hydrogen-bond acceptors (Lipinski definition) is 25. The number of amides is 13. The molecule has 3 fully saturated rings. The summed E-state index contributed by atoms with van der Waals surface area (Å²) in [5.74, 6) is -8.65. The van der Waals surface area contributed by atoms with Crippen LogP contribution < -0.4 is 70.0 Å². The molecule has 0 aliphatic carbocycles. The molecular weight excluding hydrogens is 1590 g/mol. The number of aliphatic hydroxyl groups excluding tert-OH is 6. The zero-order valence-electron chi connectivity index (χ0n) is 71.0. The van der Waals surface area contributed by atoms with Crippen molar-refractivity contribution in [3.05, 3.63) is 65.2 Å². The number of thioether (sulfide) groups is 1. The van der Waals surface area contributed by atoms with Crippen molar-refractivity contribution in [2.24, 2.45) is 29.2 Å². The molecule has 121 heavy (non-hydrogen) atoms. The van der Waals surface area contributed by atoms with Gasteiger partial charge in [-0.1, -0.05) is 116 Å². The van der Waals surface area contributed by atoms with Crippen LogP contribution in [-0.2, 0) is 78.2 Å². The lowest BCUT2D eigenvalue weighted by Crippen LogP contribution is -2.64. The maximum atomic E-state index is 15.0. The van der Waals surface area contributed by atoms with Crippen LogP contribution in [0.3, 0.4) is 0 Å². The third kappa shape index (κ3) is 36.0. The normalized spacial score (nSPS) is 22.0. The molecule has 38 heteroatoms. The first-order valence-corrected chi connectivity index (χ1v) is 43.9. The van der Waals surface area contributed by atoms with E-state index in [0.717, 1.165) is 72.9 Å². The third-order valence-electron chi connectivity index (χ3n) is 21.8. The van der Waals surface area contributed by atoms with Crippen LogP contribution in [0.2, 0.25) is 0 Å². The van der Waals surface area contributed by atoms with Gasteiger partial charge in [0.1, 0.15) is 72.3 Å². The average Bonchev–Trinajstić information content (AvgIpc) is 1.74. The Morgan fingerprint density at radius 1 is 0.612 bits per heavy atom. The standard InChI is InChI=1S/C83H135N15O22S/c1-8-50(4)41-51(5)16-13-11-9-10-12-14-18-69(107)91-63-43-57(102)46-89-79(114)64-17-15-34-97(64)83(118)71(95-81(116)72(74(109)73(108)55-23-25-56(101)26-24-55)96-80(115)65-44-58(103)47-98(65)82(117)70(52(6)100)94-78(63)113)66(104)29-31-86-67(105)27-28-68(106)87-32-35-119-37-38-120-36-33-88-75(110)62(42-53-19-21-54(22-20-53)59(85)45-84)93-77(112)61(40-49(2)3)92-76(111)60(90-48-99)30-39-121-7/h19-26,48-52,57-66,70-74,100-104,108-109H,8-18,27-47,84-85H2,1-7H3,(H,86,105)(H,87,106)(H,88,110)(H,89,114)(H,90,99)(H,91,107)(H,92,111)(H,93,112)(H,94,113)(H,95,116)(H,96,115)/t50-,51+,52+,57+,58+,59?,60-,61-,62-,63-,64-,65-,66+,70-,71-,72-,73-,74-/m0/s1. The maximum Gasteiger partial charge on any atom is 0.248 e. The van der Waals surface area contributed by atoms with E-state index in [-0.39, 0.29) is 115 Å². The Balaban J connectivity index is 1.21. The highest BCUT2D eigenvalue weighted by Crippen LogP contribution is 2.28. The molecule has 5 rings (SSSR count). The fraction of sp³-hybridized carbons (Fsp3) is 0.699. The number of hydrogen-bond donors (Lipinski definition) is 20. The number of nitrogens with zero attached hydrogens (tertiary/aromatic N) is 2. The van der Waals surface area contributed by atoms with Crippen LogP contribution in [0.15, 0.2) is 48.5 Å². The number of phenolic OH excluding ortho intramolecular Hbond substituents is 1. The first kappa shape index (κ1) is 103. The van der Waals surface area contributed by atoms with E-state index in [1.54, 1.807) is 24.3 Å². The molecule has 37 nitrogen and oxygen atoms in total. The SMILES string of the molecule is CC[C@H](C)C[C@H](C)CCCCCCCCC(=O)N[C@H]1C[C@@H](O)CNC(=O)[C@@H]2CCCN2C(=O)[C@H]([C@H](O)CCNC(=O)CCC(=O)NCCOCCOCCNC(=O)[C@H](Cc2ccc(C(N)CN)cc2)NC(=O)[C@H](CC(C)C)NC(=O)[C@H](CCSC)NC=O)NC(=O)[C@H]([C@H](O)[C@@H](O)c2ccc(O)cc2)NC(=O)[C@@H]2C[C@@H](O)CN2C(=O)[C@H]([C@@H](C)O)NC1=O. The van der Waals surface area contributed by atoms with Crippen LogP contribution in [0.4, 0.5) is 0 Å². The number of phenols is 1. The second-order valence-electron chi connectivity index (χ2n) is 32.3. The van der Waals surface area contributed by atoms with Crippen LogP contribution >= 0.6 is 11.8 Å². The van der Waals surface area contributed by atoms with Gasteiger partial charge in [0, 0.05) is 90.4 Å². The van der Waals surface area contributed by atoms with Crippen LogP contribution in [0.25, 0.3) is 0 Å². The van der Waals surface area contributed by atoms with Gasteiger partial charge in [0.25, 0.3) is 0 Å². The van der Waals surface area contributed by atoms with Crippen molar-refractivity contribution in [1.82, 2.24) is 68.3 Å². The molecule has 18 atom stereocenters. The van der Waals surface area contributed by atoms with E-state index in [9.17, 15) is 93.3 Å². The second kappa shape index (κ2) is 54.7. The van der Waals surface area contributed by atoms with Gasteiger partial charge in [-0.25, -0.2) is 0 Å². The summed E-state index contributed by atoms with van der Waals surface area (Å²) in [5, 5.41) is 108. The summed E-state index contributed by atoms with van der Waals surface area (Å²) in [7, 11) is 0. The minimum Gasteiger partial charge on any atom is -0.508 e. The molecule has 0 spiro atoms. The van der Waals surface area contributed by atoms with Gasteiger partial charge in [-0.3, -0.25) is 62.3 Å². The lowest BCUT2D eigenvalue weighted by molar-refractivity contribution is -0.147. The molecule has 0 bridgehead atoms. The number of β-amino-alcohol motifs (C(OH)–C–C–N with tert-alkyl or cyclic N) is 1. The predicted octanol–water partition coefficient (Wildman–Crippen LogP) is -1.87. The molecule has 3 heterocycles. The number of carbonyl (C=O) groups is 13. The number of aromatic hydroxyl groups is 1. The second-order valence-corrected chi connectivity index (χ2v) is 33.3. The lowest BCUT2D eigenvalue weighted by Gasteiger charge is -2.34. The molecule has 2 aromatic rings. The summed E-state index contributed by atoms with van der Waals surface area (Å²) in [4.78, 5) is 182. The van der Waals surface area contributed by atoms with Crippen molar-refractivity contribution in [2.45, 2.75) is 267 Å². The molecule has 3 saturated heterocycles. The number of benzene rings is 2. The van der Waals surface area contributed by atoms with E-state index in [1.165, 1.54) is 30.3 Å². The molecule has 22 N–H and O–H groups in total. The van der Waals surface area contributed by atoms with Gasteiger partial charge < -0.3 is 125 Å². The lowest BCUT2D eigenvalue weighted by atomic mass is 9.91. The highest BCUT2D eigenvalue weighted by atomic mass is 32.2. The average molecular weight is 1730 g/mol. The molecule has 2 aromatic carbocycles. The van der Waals surface area contributed by atoms with Crippen molar-refractivity contribution in [2.75, 3.05) is 84.2 Å². The topological polar surface area (TPSA) is 573 Å². The molecule has 680 valence electrons. The van der Waals surface area contributed by atoms with Crippen LogP contribution in [0, 0.1) is 17.8 Å². The van der Waals surface area contributed by atoms with Crippen molar-refractivity contribution in [3.63, 3.8) is 0 Å². The maximum absolute atomic E-state index is 15.0. The van der Waals surface area contributed by atoms with Gasteiger partial charge in [0.05, 0.1) is 50.8 Å². The Labute approximate surface area is 713 Å². The Hall–Kier alpha value is -8.70. The predicted molar refractivity (Wildman–Crippen MR) is 449 cm³/mol. The van der Waals surface area contributed by atoms with Gasteiger partial charge in [0.15, 0.2) is 0 Å². The number of unbranched alkanes of at least 4 members (excludes halogenated alkanes) is 5. The van der Waals surface area contributed by atoms with E-state index in [1.807, 2.05) is 20.1 Å². The molecule has 3 aliphatic rings. The molecule has 0 radical (unpaired) electrons. The number of carbonyl (C=O) groups excluding carboxylic acids is 13. The molecular formula is C83H135N15O22S. The van der Waals surface area contributed by atoms with Gasteiger partial charge in [0.2, 0.25) is 77.3 Å². The van der Waals surface area contributed by atoms with Gasteiger partial charge in [-0.05, 0) is 110 Å². The summed E-state index contributed by atoms with van der Waals surface area (Å²) in [6, 6.07) is -2.50. The molecule has 0 saturated carbocycles. The van der Waals surface area contributed by atoms with Crippen LogP contribution in [0.5, 0.6) is 5.75 Å². The number of nitrogens with one attached hydrogen (secondary N) is 11. The summed E-state index contributed by atoms with van der Waals surface area (Å²) < 4.78 is 11.3. The quantitative estimate of drug-likeness (QED) is 0.0255. The summed E-state index contributed by atoms with van der Waals surface area (Å²) in [6.45, 7) is 10.5. The first-order valence-electron chi connectivity index (χ1n) is 42.5. The number of nitrogens with two attached hydrogens (primary N) is 2. The van der Waals surface area contributed by atoms with E-state index < -0.39 is 207 Å². The highest BCUT2D eigenvalue weighted by molar-refractivity contribution is 7.98. The monoisotopic (exact) mass is 1730 g/mol. The van der Waals surface area contributed by atoms with Crippen LogP contribution in [-0.4, -0.2) is 292 Å². The minimum absolute atomic E-state index is 0.0176. The van der Waals surface area contributed by atoms with E-state index >= 15 is 4.79 Å². The molecule has 1 unspecified atom stereocenters. The number of fused-ring (bicyclic) bond motifs is 2.